The van der Waals surface area contributed by atoms with Gasteiger partial charge >= 0.3 is 0 Å². The van der Waals surface area contributed by atoms with Gasteiger partial charge in [-0.2, -0.15) is 0 Å². The molecular weight excluding hydrogens is 346 g/mol. The van der Waals surface area contributed by atoms with Gasteiger partial charge in [-0.15, -0.1) is 0 Å². The number of aromatic nitrogens is 1. The summed E-state index contributed by atoms with van der Waals surface area (Å²) < 4.78 is 0. The van der Waals surface area contributed by atoms with E-state index in [0.29, 0.717) is 12.3 Å². The summed E-state index contributed by atoms with van der Waals surface area (Å²) in [6.45, 7) is 5.87. The van der Waals surface area contributed by atoms with Crippen molar-refractivity contribution < 1.29 is 4.79 Å². The minimum atomic E-state index is 0.276. The van der Waals surface area contributed by atoms with E-state index >= 15 is 0 Å². The molecule has 0 spiro atoms. The number of hydrogen-bond donors (Lipinski definition) is 1. The first-order chi connectivity index (χ1) is 13.7. The van der Waals surface area contributed by atoms with E-state index in [1.165, 1.54) is 22.0 Å². The predicted molar refractivity (Wildman–Crippen MR) is 114 cm³/mol. The number of carbonyl (C=O) groups is 1. The number of fused-ring (bicyclic) bond motifs is 1. The van der Waals surface area contributed by atoms with E-state index in [1.54, 1.807) is 0 Å². The Morgan fingerprint density at radius 2 is 1.86 bits per heavy atom. The Balaban J connectivity index is 1.26. The first-order valence-corrected chi connectivity index (χ1v) is 10.3. The van der Waals surface area contributed by atoms with Gasteiger partial charge in [0.2, 0.25) is 5.91 Å². The maximum Gasteiger partial charge on any atom is 0.222 e. The minimum absolute atomic E-state index is 0.276. The van der Waals surface area contributed by atoms with Crippen molar-refractivity contribution in [3.63, 3.8) is 0 Å². The van der Waals surface area contributed by atoms with Crippen LogP contribution in [0.3, 0.4) is 0 Å². The highest BCUT2D eigenvalue weighted by atomic mass is 16.2. The topological polar surface area (TPSA) is 39.3 Å². The number of carbonyl (C=O) groups excluding carboxylic acids is 1. The first kappa shape index (κ1) is 18.8. The van der Waals surface area contributed by atoms with E-state index < -0.39 is 0 Å². The molecule has 0 radical (unpaired) electrons. The molecule has 3 aromatic rings. The zero-order chi connectivity index (χ0) is 19.3. The lowest BCUT2D eigenvalue weighted by Gasteiger charge is -2.40. The zero-order valence-electron chi connectivity index (χ0n) is 16.6. The second-order valence-corrected chi connectivity index (χ2v) is 7.87. The Bertz CT molecular complexity index is 918. The van der Waals surface area contributed by atoms with Gasteiger partial charge < -0.3 is 9.88 Å². The number of H-pyrrole nitrogens is 1. The number of amides is 1. The molecular formula is C24H29N3O. The molecule has 0 aliphatic carbocycles. The van der Waals surface area contributed by atoms with Gasteiger partial charge in [0.15, 0.2) is 0 Å². The number of benzene rings is 2. The molecule has 1 aliphatic rings. The monoisotopic (exact) mass is 375 g/mol. The van der Waals surface area contributed by atoms with Gasteiger partial charge in [0.1, 0.15) is 0 Å². The smallest absolute Gasteiger partial charge is 0.222 e. The molecule has 1 N–H and O–H groups in total. The van der Waals surface area contributed by atoms with Crippen molar-refractivity contribution in [2.75, 3.05) is 19.6 Å². The van der Waals surface area contributed by atoms with Crippen LogP contribution in [0.4, 0.5) is 0 Å². The molecule has 28 heavy (non-hydrogen) atoms. The molecule has 146 valence electrons. The molecule has 1 amide bonds. The number of rotatable bonds is 6. The molecule has 1 aromatic heterocycles. The molecule has 0 unspecified atom stereocenters. The molecule has 0 saturated carbocycles. The quantitative estimate of drug-likeness (QED) is 0.700. The van der Waals surface area contributed by atoms with Crippen LogP contribution in [0.5, 0.6) is 0 Å². The third-order valence-corrected chi connectivity index (χ3v) is 5.79. The molecule has 1 aliphatic heterocycles. The van der Waals surface area contributed by atoms with Crippen molar-refractivity contribution in [3.05, 3.63) is 71.9 Å². The predicted octanol–water partition coefficient (Wildman–Crippen LogP) is 4.22. The van der Waals surface area contributed by atoms with Crippen molar-refractivity contribution in [1.82, 2.24) is 14.8 Å². The Kier molecular flexibility index (Phi) is 5.77. The maximum atomic E-state index is 12.8. The van der Waals surface area contributed by atoms with Crippen molar-refractivity contribution >= 4 is 16.8 Å². The van der Waals surface area contributed by atoms with Gasteiger partial charge in [-0.1, -0.05) is 48.5 Å². The molecule has 2 aromatic carbocycles. The van der Waals surface area contributed by atoms with Crippen molar-refractivity contribution in [3.8, 4) is 0 Å². The number of para-hydroxylation sites is 1. The number of aromatic amines is 1. The van der Waals surface area contributed by atoms with E-state index in [-0.39, 0.29) is 6.04 Å². The van der Waals surface area contributed by atoms with Crippen molar-refractivity contribution in [2.45, 2.75) is 38.8 Å². The van der Waals surface area contributed by atoms with Crippen LogP contribution in [0.25, 0.3) is 10.9 Å². The summed E-state index contributed by atoms with van der Waals surface area (Å²) in [5.41, 5.74) is 3.82. The fourth-order valence-electron chi connectivity index (χ4n) is 4.30. The highest BCUT2D eigenvalue weighted by Crippen LogP contribution is 2.20. The summed E-state index contributed by atoms with van der Waals surface area (Å²) in [6, 6.07) is 19.2. The number of nitrogens with one attached hydrogen (secondary N) is 1. The van der Waals surface area contributed by atoms with E-state index in [0.717, 1.165) is 39.0 Å². The molecule has 4 nitrogen and oxygen atoms in total. The van der Waals surface area contributed by atoms with E-state index in [4.69, 9.17) is 0 Å². The van der Waals surface area contributed by atoms with Crippen LogP contribution >= 0.6 is 0 Å². The summed E-state index contributed by atoms with van der Waals surface area (Å²) >= 11 is 0. The summed E-state index contributed by atoms with van der Waals surface area (Å²) in [4.78, 5) is 20.6. The molecule has 4 rings (SSSR count). The highest BCUT2D eigenvalue weighted by molar-refractivity contribution is 5.83. The number of piperazine rings is 1. The van der Waals surface area contributed by atoms with E-state index in [9.17, 15) is 4.79 Å². The van der Waals surface area contributed by atoms with Crippen LogP contribution in [0.1, 0.15) is 30.9 Å². The van der Waals surface area contributed by atoms with Crippen LogP contribution in [0.15, 0.2) is 60.8 Å². The lowest BCUT2D eigenvalue weighted by atomic mass is 10.1. The second kappa shape index (κ2) is 8.61. The van der Waals surface area contributed by atoms with Gasteiger partial charge in [0, 0.05) is 55.7 Å². The van der Waals surface area contributed by atoms with Crippen LogP contribution in [-0.4, -0.2) is 46.4 Å². The average Bonchev–Trinajstić information content (AvgIpc) is 3.12. The number of aryl methyl sites for hydroxylation is 1. The minimum Gasteiger partial charge on any atom is -0.361 e. The molecule has 2 heterocycles. The summed E-state index contributed by atoms with van der Waals surface area (Å²) in [6.07, 6.45) is 4.55. The van der Waals surface area contributed by atoms with Crippen molar-refractivity contribution in [2.24, 2.45) is 0 Å². The Morgan fingerprint density at radius 1 is 1.07 bits per heavy atom. The molecule has 1 saturated heterocycles. The fraction of sp³-hybridized carbons (Fsp3) is 0.375. The Morgan fingerprint density at radius 3 is 2.68 bits per heavy atom. The van der Waals surface area contributed by atoms with Gasteiger partial charge in [-0.05, 0) is 37.0 Å². The van der Waals surface area contributed by atoms with Gasteiger partial charge in [-0.3, -0.25) is 9.69 Å². The molecule has 1 fully saturated rings. The standard InChI is InChI=1S/C24H29N3O/c1-19-17-26(18-20-8-3-2-4-9-20)14-15-27(19)24(28)13-7-10-21-16-25-23-12-6-5-11-22(21)23/h2-6,8-9,11-12,16,19,25H,7,10,13-15,17-18H2,1H3/t19-/m1/s1. The molecule has 1 atom stereocenters. The van der Waals surface area contributed by atoms with E-state index in [1.807, 2.05) is 6.07 Å². The van der Waals surface area contributed by atoms with Crippen LogP contribution in [0.2, 0.25) is 0 Å². The SMILES string of the molecule is C[C@@H]1CN(Cc2ccccc2)CCN1C(=O)CCCc1c[nH]c2ccccc12. The van der Waals surface area contributed by atoms with Gasteiger partial charge in [-0.25, -0.2) is 0 Å². The summed E-state index contributed by atoms with van der Waals surface area (Å²) in [7, 11) is 0. The van der Waals surface area contributed by atoms with Crippen LogP contribution < -0.4 is 0 Å². The third kappa shape index (κ3) is 4.28. The lowest BCUT2D eigenvalue weighted by molar-refractivity contribution is -0.135. The average molecular weight is 376 g/mol. The second-order valence-electron chi connectivity index (χ2n) is 7.87. The van der Waals surface area contributed by atoms with Crippen molar-refractivity contribution in [1.29, 1.82) is 0 Å². The maximum absolute atomic E-state index is 12.8. The van der Waals surface area contributed by atoms with Gasteiger partial charge in [0.25, 0.3) is 0 Å². The molecule has 0 bridgehead atoms. The fourth-order valence-corrected chi connectivity index (χ4v) is 4.30. The molecule has 4 heteroatoms. The van der Waals surface area contributed by atoms with Crippen LogP contribution in [-0.2, 0) is 17.8 Å². The Hall–Kier alpha value is -2.59. The number of nitrogens with zero attached hydrogens (tertiary/aromatic N) is 2. The summed E-state index contributed by atoms with van der Waals surface area (Å²) in [5.74, 6) is 0.298. The Labute approximate surface area is 167 Å². The third-order valence-electron chi connectivity index (χ3n) is 5.79. The largest absolute Gasteiger partial charge is 0.361 e. The van der Waals surface area contributed by atoms with E-state index in [2.05, 4.69) is 76.4 Å². The van der Waals surface area contributed by atoms with Crippen LogP contribution in [0, 0.1) is 0 Å². The normalized spacial score (nSPS) is 17.9. The number of hydrogen-bond acceptors (Lipinski definition) is 2. The van der Waals surface area contributed by atoms with Gasteiger partial charge in [0.05, 0.1) is 0 Å². The first-order valence-electron chi connectivity index (χ1n) is 10.3. The lowest BCUT2D eigenvalue weighted by Crippen LogP contribution is -2.53. The highest BCUT2D eigenvalue weighted by Gasteiger charge is 2.26. The zero-order valence-corrected chi connectivity index (χ0v) is 16.6. The summed E-state index contributed by atoms with van der Waals surface area (Å²) in [5, 5.41) is 1.28.